The number of carbonyl (C=O) groups is 1. The number of nitrogens with one attached hydrogen (secondary N) is 1. The fraction of sp³-hybridized carbons (Fsp3) is 0.235. The van der Waals surface area contributed by atoms with E-state index >= 15 is 0 Å². The van der Waals surface area contributed by atoms with Crippen LogP contribution in [0.3, 0.4) is 0 Å². The van der Waals surface area contributed by atoms with E-state index in [-0.39, 0.29) is 17.3 Å². The number of carbonyl (C=O) groups excluding carboxylic acids is 1. The molecule has 2 aromatic carbocycles. The molecule has 0 fully saturated rings. The van der Waals surface area contributed by atoms with E-state index in [1.165, 1.54) is 18.2 Å². The minimum Gasteiger partial charge on any atom is -0.354 e. The molecule has 9 heteroatoms. The average molecular weight is 436 g/mol. The first kappa shape index (κ1) is 20.8. The highest BCUT2D eigenvalue weighted by atomic mass is 35.5. The van der Waals surface area contributed by atoms with Crippen LogP contribution in [0.2, 0.25) is 15.1 Å². The lowest BCUT2D eigenvalue weighted by Crippen LogP contribution is -2.40. The summed E-state index contributed by atoms with van der Waals surface area (Å²) in [6, 6.07) is 11.7. The van der Waals surface area contributed by atoms with E-state index < -0.39 is 15.9 Å². The van der Waals surface area contributed by atoms with Crippen molar-refractivity contribution in [3.05, 3.63) is 63.1 Å². The Hall–Kier alpha value is -1.47. The molecule has 26 heavy (non-hydrogen) atoms. The largest absolute Gasteiger partial charge is 0.354 e. The number of amides is 1. The van der Waals surface area contributed by atoms with Crippen LogP contribution in [0.15, 0.2) is 42.5 Å². The third-order valence-corrected chi connectivity index (χ3v) is 5.66. The van der Waals surface area contributed by atoms with Crippen LogP contribution < -0.4 is 9.62 Å². The first-order chi connectivity index (χ1) is 12.2. The van der Waals surface area contributed by atoms with Gasteiger partial charge in [-0.05, 0) is 42.3 Å². The minimum atomic E-state index is -3.67. The molecule has 0 aromatic heterocycles. The zero-order chi connectivity index (χ0) is 19.3. The molecule has 2 aromatic rings. The van der Waals surface area contributed by atoms with Crippen molar-refractivity contribution in [2.24, 2.45) is 0 Å². The zero-order valence-corrected chi connectivity index (χ0v) is 17.0. The first-order valence-corrected chi connectivity index (χ1v) is 10.6. The molecule has 140 valence electrons. The predicted octanol–water partition coefficient (Wildman–Crippen LogP) is 3.77. The van der Waals surface area contributed by atoms with Crippen LogP contribution >= 0.6 is 34.8 Å². The van der Waals surface area contributed by atoms with Crippen LogP contribution in [0.4, 0.5) is 5.69 Å². The second kappa shape index (κ2) is 8.95. The van der Waals surface area contributed by atoms with Crippen molar-refractivity contribution in [2.45, 2.75) is 6.42 Å². The number of halogens is 3. The molecule has 2 rings (SSSR count). The van der Waals surface area contributed by atoms with Gasteiger partial charge in [0.2, 0.25) is 15.9 Å². The van der Waals surface area contributed by atoms with Gasteiger partial charge in [-0.2, -0.15) is 0 Å². The summed E-state index contributed by atoms with van der Waals surface area (Å²) in [5.74, 6) is -0.421. The minimum absolute atomic E-state index is 0.209. The topological polar surface area (TPSA) is 66.5 Å². The van der Waals surface area contributed by atoms with Crippen molar-refractivity contribution in [2.75, 3.05) is 23.7 Å². The van der Waals surface area contributed by atoms with Gasteiger partial charge in [0.1, 0.15) is 6.54 Å². The summed E-state index contributed by atoms with van der Waals surface area (Å²) in [7, 11) is -3.67. The average Bonchev–Trinajstić information content (AvgIpc) is 2.56. The molecule has 0 aliphatic rings. The Balaban J connectivity index is 2.00. The third kappa shape index (κ3) is 6.06. The fourth-order valence-electron chi connectivity index (χ4n) is 2.22. The highest BCUT2D eigenvalue weighted by Crippen LogP contribution is 2.28. The van der Waals surface area contributed by atoms with E-state index in [1.54, 1.807) is 12.1 Å². The molecular weight excluding hydrogens is 419 g/mol. The Bertz CT molecular complexity index is 887. The Morgan fingerprint density at radius 1 is 1.04 bits per heavy atom. The summed E-state index contributed by atoms with van der Waals surface area (Å²) >= 11 is 17.6. The summed E-state index contributed by atoms with van der Waals surface area (Å²) < 4.78 is 25.1. The summed E-state index contributed by atoms with van der Waals surface area (Å²) in [5.41, 5.74) is 1.29. The molecule has 0 bridgehead atoms. The third-order valence-electron chi connectivity index (χ3n) is 3.53. The van der Waals surface area contributed by atoms with E-state index in [0.717, 1.165) is 16.1 Å². The zero-order valence-electron chi connectivity index (χ0n) is 13.9. The maximum absolute atomic E-state index is 12.2. The van der Waals surface area contributed by atoms with Gasteiger partial charge >= 0.3 is 0 Å². The lowest BCUT2D eigenvalue weighted by Gasteiger charge is -2.22. The van der Waals surface area contributed by atoms with Crippen LogP contribution in [0.1, 0.15) is 5.56 Å². The summed E-state index contributed by atoms with van der Waals surface area (Å²) in [6.45, 7) is 0.0247. The Morgan fingerprint density at radius 3 is 2.27 bits per heavy atom. The van der Waals surface area contributed by atoms with Crippen molar-refractivity contribution in [1.29, 1.82) is 0 Å². The maximum Gasteiger partial charge on any atom is 0.240 e. The van der Waals surface area contributed by atoms with Crippen LogP contribution in [-0.2, 0) is 21.2 Å². The first-order valence-electron chi connectivity index (χ1n) is 7.61. The number of hydrogen-bond acceptors (Lipinski definition) is 3. The van der Waals surface area contributed by atoms with E-state index in [0.29, 0.717) is 23.0 Å². The van der Waals surface area contributed by atoms with E-state index in [9.17, 15) is 13.2 Å². The lowest BCUT2D eigenvalue weighted by molar-refractivity contribution is -0.119. The summed E-state index contributed by atoms with van der Waals surface area (Å²) in [4.78, 5) is 12.2. The Kier molecular flexibility index (Phi) is 7.17. The van der Waals surface area contributed by atoms with Gasteiger partial charge in [0.05, 0.1) is 22.0 Å². The van der Waals surface area contributed by atoms with Crippen LogP contribution in [-0.4, -0.2) is 33.7 Å². The van der Waals surface area contributed by atoms with Crippen molar-refractivity contribution in [3.8, 4) is 0 Å². The van der Waals surface area contributed by atoms with Gasteiger partial charge in [0.25, 0.3) is 0 Å². The molecule has 0 aliphatic carbocycles. The van der Waals surface area contributed by atoms with Gasteiger partial charge in [-0.25, -0.2) is 8.42 Å². The van der Waals surface area contributed by atoms with E-state index in [1.807, 2.05) is 12.1 Å². The van der Waals surface area contributed by atoms with Gasteiger partial charge in [-0.1, -0.05) is 46.9 Å². The van der Waals surface area contributed by atoms with E-state index in [2.05, 4.69) is 5.32 Å². The number of sulfonamides is 1. The molecule has 0 unspecified atom stereocenters. The highest BCUT2D eigenvalue weighted by Gasteiger charge is 2.21. The van der Waals surface area contributed by atoms with Gasteiger partial charge < -0.3 is 5.32 Å². The molecule has 0 aliphatic heterocycles. The van der Waals surface area contributed by atoms with Gasteiger partial charge in [0, 0.05) is 11.6 Å². The number of nitrogens with zero attached hydrogens (tertiary/aromatic N) is 1. The smallest absolute Gasteiger partial charge is 0.240 e. The normalized spacial score (nSPS) is 11.2. The summed E-state index contributed by atoms with van der Waals surface area (Å²) in [6.07, 6.45) is 1.63. The van der Waals surface area contributed by atoms with E-state index in [4.69, 9.17) is 34.8 Å². The van der Waals surface area contributed by atoms with Gasteiger partial charge in [-0.3, -0.25) is 9.10 Å². The standard InChI is InChI=1S/C17H17Cl3N2O3S/c1-26(24,25)22(14-6-7-15(19)16(20)10-14)11-17(23)21-9-8-12-2-4-13(18)5-3-12/h2-7,10H,8-9,11H2,1H3,(H,21,23). The molecule has 0 saturated carbocycles. The van der Waals surface area contributed by atoms with Crippen molar-refractivity contribution < 1.29 is 13.2 Å². The molecular formula is C17H17Cl3N2O3S. The van der Waals surface area contributed by atoms with Crippen LogP contribution in [0.5, 0.6) is 0 Å². The Morgan fingerprint density at radius 2 is 1.69 bits per heavy atom. The van der Waals surface area contributed by atoms with Crippen molar-refractivity contribution in [3.63, 3.8) is 0 Å². The SMILES string of the molecule is CS(=O)(=O)N(CC(=O)NCCc1ccc(Cl)cc1)c1ccc(Cl)c(Cl)c1. The second-order valence-electron chi connectivity index (χ2n) is 5.59. The quantitative estimate of drug-likeness (QED) is 0.720. The fourth-order valence-corrected chi connectivity index (χ4v) is 3.49. The summed E-state index contributed by atoms with van der Waals surface area (Å²) in [5, 5.41) is 3.86. The molecule has 0 atom stereocenters. The van der Waals surface area contributed by atoms with Gasteiger partial charge in [0.15, 0.2) is 0 Å². The molecule has 0 spiro atoms. The highest BCUT2D eigenvalue weighted by molar-refractivity contribution is 7.92. The Labute approximate surface area is 167 Å². The molecule has 0 radical (unpaired) electrons. The van der Waals surface area contributed by atoms with Crippen LogP contribution in [0.25, 0.3) is 0 Å². The number of hydrogen-bond donors (Lipinski definition) is 1. The number of benzene rings is 2. The number of rotatable bonds is 7. The lowest BCUT2D eigenvalue weighted by atomic mass is 10.1. The van der Waals surface area contributed by atoms with Crippen LogP contribution in [0, 0.1) is 0 Å². The molecule has 1 amide bonds. The number of anilines is 1. The molecule has 0 heterocycles. The molecule has 5 nitrogen and oxygen atoms in total. The second-order valence-corrected chi connectivity index (χ2v) is 8.75. The molecule has 1 N–H and O–H groups in total. The predicted molar refractivity (Wildman–Crippen MR) is 107 cm³/mol. The monoisotopic (exact) mass is 434 g/mol. The van der Waals surface area contributed by atoms with Crippen molar-refractivity contribution >= 4 is 56.4 Å². The van der Waals surface area contributed by atoms with Gasteiger partial charge in [-0.15, -0.1) is 0 Å². The maximum atomic E-state index is 12.2. The molecule has 0 saturated heterocycles. The van der Waals surface area contributed by atoms with Crippen molar-refractivity contribution in [1.82, 2.24) is 5.32 Å².